The third kappa shape index (κ3) is 5.46. The molecule has 0 aliphatic rings. The Kier molecular flexibility index (Phi) is 2.40. The SMILES string of the molecule is C=C(N)CC(O)O. The van der Waals surface area contributed by atoms with Gasteiger partial charge in [-0.3, -0.25) is 0 Å². The van der Waals surface area contributed by atoms with Crippen LogP contribution in [0, 0.1) is 0 Å². The van der Waals surface area contributed by atoms with E-state index in [-0.39, 0.29) is 12.1 Å². The lowest BCUT2D eigenvalue weighted by atomic mass is 10.3. The van der Waals surface area contributed by atoms with Crippen LogP contribution in [0.1, 0.15) is 6.42 Å². The molecule has 0 heterocycles. The number of hydrogen-bond acceptors (Lipinski definition) is 3. The Bertz CT molecular complexity index is 70.1. The van der Waals surface area contributed by atoms with Crippen LogP contribution in [0.4, 0.5) is 0 Å². The third-order valence-electron chi connectivity index (χ3n) is 0.445. The molecule has 3 heteroatoms. The first kappa shape index (κ1) is 6.46. The van der Waals surface area contributed by atoms with E-state index in [4.69, 9.17) is 15.9 Å². The Morgan fingerprint density at radius 2 is 2.14 bits per heavy atom. The lowest BCUT2D eigenvalue weighted by molar-refractivity contribution is -0.0381. The van der Waals surface area contributed by atoms with E-state index in [1.807, 2.05) is 0 Å². The average Bonchev–Trinajstić information content (AvgIpc) is 1.27. The molecule has 0 radical (unpaired) electrons. The van der Waals surface area contributed by atoms with Crippen molar-refractivity contribution in [2.24, 2.45) is 5.73 Å². The van der Waals surface area contributed by atoms with Gasteiger partial charge >= 0.3 is 0 Å². The highest BCUT2D eigenvalue weighted by Crippen LogP contribution is 1.90. The Labute approximate surface area is 42.1 Å². The highest BCUT2D eigenvalue weighted by Gasteiger charge is 1.94. The number of aliphatic hydroxyl groups excluding tert-OH is 1. The maximum Gasteiger partial charge on any atom is 0.156 e. The van der Waals surface area contributed by atoms with Crippen LogP contribution in [0.3, 0.4) is 0 Å². The topological polar surface area (TPSA) is 66.5 Å². The third-order valence-corrected chi connectivity index (χ3v) is 0.445. The van der Waals surface area contributed by atoms with Gasteiger partial charge in [-0.1, -0.05) is 6.58 Å². The van der Waals surface area contributed by atoms with Gasteiger partial charge in [0.15, 0.2) is 6.29 Å². The molecule has 42 valence electrons. The fourth-order valence-electron chi connectivity index (χ4n) is 0.235. The lowest BCUT2D eigenvalue weighted by Gasteiger charge is -1.98. The fourth-order valence-corrected chi connectivity index (χ4v) is 0.235. The van der Waals surface area contributed by atoms with Crippen LogP contribution in [-0.4, -0.2) is 16.5 Å². The number of nitrogens with two attached hydrogens (primary N) is 1. The molecule has 0 amide bonds. The van der Waals surface area contributed by atoms with E-state index < -0.39 is 6.29 Å². The molecule has 0 atom stereocenters. The molecule has 0 aliphatic heterocycles. The lowest BCUT2D eigenvalue weighted by Crippen LogP contribution is -2.08. The van der Waals surface area contributed by atoms with Gasteiger partial charge in [0, 0.05) is 12.1 Å². The molecular weight excluding hydrogens is 94.0 g/mol. The maximum atomic E-state index is 8.14. The Hall–Kier alpha value is -0.540. The number of hydrogen-bond donors (Lipinski definition) is 3. The number of aliphatic hydroxyl groups is 2. The van der Waals surface area contributed by atoms with Gasteiger partial charge in [0.2, 0.25) is 0 Å². The summed E-state index contributed by atoms with van der Waals surface area (Å²) in [7, 11) is 0. The largest absolute Gasteiger partial charge is 0.402 e. The van der Waals surface area contributed by atoms with Crippen molar-refractivity contribution < 1.29 is 10.2 Å². The summed E-state index contributed by atoms with van der Waals surface area (Å²) in [6.45, 7) is 3.25. The zero-order valence-corrected chi connectivity index (χ0v) is 3.96. The first-order valence-electron chi connectivity index (χ1n) is 1.92. The molecule has 0 saturated heterocycles. The zero-order chi connectivity index (χ0) is 5.86. The van der Waals surface area contributed by atoms with Crippen molar-refractivity contribution in [1.82, 2.24) is 0 Å². The minimum absolute atomic E-state index is 0.0556. The van der Waals surface area contributed by atoms with E-state index in [2.05, 4.69) is 6.58 Å². The summed E-state index contributed by atoms with van der Waals surface area (Å²) in [4.78, 5) is 0. The van der Waals surface area contributed by atoms with E-state index in [1.54, 1.807) is 0 Å². The standard InChI is InChI=1S/C4H9NO2/c1-3(5)2-4(6)7/h4,6-7H,1-2,5H2. The molecule has 0 bridgehead atoms. The van der Waals surface area contributed by atoms with E-state index in [9.17, 15) is 0 Å². The average molecular weight is 103 g/mol. The molecule has 0 aromatic rings. The monoisotopic (exact) mass is 103 g/mol. The van der Waals surface area contributed by atoms with E-state index in [0.717, 1.165) is 0 Å². The van der Waals surface area contributed by atoms with Crippen LogP contribution in [-0.2, 0) is 0 Å². The van der Waals surface area contributed by atoms with Crippen molar-refractivity contribution >= 4 is 0 Å². The van der Waals surface area contributed by atoms with Crippen molar-refractivity contribution in [3.63, 3.8) is 0 Å². The van der Waals surface area contributed by atoms with Crippen LogP contribution in [0.2, 0.25) is 0 Å². The van der Waals surface area contributed by atoms with Crippen LogP contribution >= 0.6 is 0 Å². The van der Waals surface area contributed by atoms with Crippen molar-refractivity contribution in [2.75, 3.05) is 0 Å². The second kappa shape index (κ2) is 2.60. The molecule has 0 fully saturated rings. The zero-order valence-electron chi connectivity index (χ0n) is 3.96. The molecule has 4 N–H and O–H groups in total. The van der Waals surface area contributed by atoms with Gasteiger partial charge in [-0.05, 0) is 0 Å². The van der Waals surface area contributed by atoms with E-state index >= 15 is 0 Å². The van der Waals surface area contributed by atoms with Crippen molar-refractivity contribution in [3.8, 4) is 0 Å². The molecule has 0 rings (SSSR count). The molecule has 0 aliphatic carbocycles. The molecule has 0 aromatic carbocycles. The molecule has 3 nitrogen and oxygen atoms in total. The summed E-state index contributed by atoms with van der Waals surface area (Å²) in [5.41, 5.74) is 5.27. The van der Waals surface area contributed by atoms with Gasteiger partial charge in [0.05, 0.1) is 0 Å². The van der Waals surface area contributed by atoms with Gasteiger partial charge in [-0.15, -0.1) is 0 Å². The van der Waals surface area contributed by atoms with Gasteiger partial charge in [-0.2, -0.15) is 0 Å². The van der Waals surface area contributed by atoms with Gasteiger partial charge in [-0.25, -0.2) is 0 Å². The normalized spacial score (nSPS) is 9.57. The Balaban J connectivity index is 3.13. The van der Waals surface area contributed by atoms with Gasteiger partial charge in [0.25, 0.3) is 0 Å². The smallest absolute Gasteiger partial charge is 0.156 e. The van der Waals surface area contributed by atoms with Crippen LogP contribution in [0.15, 0.2) is 12.3 Å². The van der Waals surface area contributed by atoms with E-state index in [0.29, 0.717) is 0 Å². The molecular formula is C4H9NO2. The quantitative estimate of drug-likeness (QED) is 0.399. The van der Waals surface area contributed by atoms with Gasteiger partial charge < -0.3 is 15.9 Å². The van der Waals surface area contributed by atoms with Crippen molar-refractivity contribution in [1.29, 1.82) is 0 Å². The first-order chi connectivity index (χ1) is 3.13. The first-order valence-corrected chi connectivity index (χ1v) is 1.92. The van der Waals surface area contributed by atoms with E-state index in [1.165, 1.54) is 0 Å². The fraction of sp³-hybridized carbons (Fsp3) is 0.500. The molecule has 0 aromatic heterocycles. The molecule has 0 unspecified atom stereocenters. The summed E-state index contributed by atoms with van der Waals surface area (Å²) in [6.07, 6.45) is -1.29. The predicted octanol–water partition coefficient (Wildman–Crippen LogP) is -0.840. The Morgan fingerprint density at radius 3 is 2.14 bits per heavy atom. The molecule has 0 saturated carbocycles. The summed E-state index contributed by atoms with van der Waals surface area (Å²) in [5.74, 6) is 0. The number of rotatable bonds is 2. The molecule has 7 heavy (non-hydrogen) atoms. The van der Waals surface area contributed by atoms with Crippen molar-refractivity contribution in [2.45, 2.75) is 12.7 Å². The van der Waals surface area contributed by atoms with Crippen LogP contribution in [0.25, 0.3) is 0 Å². The van der Waals surface area contributed by atoms with Crippen LogP contribution < -0.4 is 5.73 Å². The minimum Gasteiger partial charge on any atom is -0.402 e. The van der Waals surface area contributed by atoms with Crippen LogP contribution in [0.5, 0.6) is 0 Å². The van der Waals surface area contributed by atoms with Crippen molar-refractivity contribution in [3.05, 3.63) is 12.3 Å². The minimum atomic E-state index is -1.35. The second-order valence-electron chi connectivity index (χ2n) is 1.34. The summed E-state index contributed by atoms with van der Waals surface area (Å²) >= 11 is 0. The highest BCUT2D eigenvalue weighted by molar-refractivity contribution is 4.85. The summed E-state index contributed by atoms with van der Waals surface area (Å²) in [6, 6.07) is 0. The molecule has 0 spiro atoms. The Morgan fingerprint density at radius 1 is 1.71 bits per heavy atom. The summed E-state index contributed by atoms with van der Waals surface area (Å²) in [5, 5.41) is 16.3. The maximum absolute atomic E-state index is 8.14. The predicted molar refractivity (Wildman–Crippen MR) is 26.2 cm³/mol. The van der Waals surface area contributed by atoms with Gasteiger partial charge in [0.1, 0.15) is 0 Å². The summed E-state index contributed by atoms with van der Waals surface area (Å²) < 4.78 is 0. The highest BCUT2D eigenvalue weighted by atomic mass is 16.5. The second-order valence-corrected chi connectivity index (χ2v) is 1.34.